The summed E-state index contributed by atoms with van der Waals surface area (Å²) in [6.45, 7) is 9.36. The molecule has 4 unspecified atom stereocenters. The first-order valence-electron chi connectivity index (χ1n) is 7.26. The smallest absolute Gasteiger partial charge is 0.241 e. The molecule has 104 valence electrons. The molecular formula is C14H26N2O2. The normalized spacial score (nSPS) is 34.6. The van der Waals surface area contributed by atoms with Gasteiger partial charge in [0.2, 0.25) is 5.91 Å². The first kappa shape index (κ1) is 13.8. The third-order valence-electron chi connectivity index (χ3n) is 4.21. The molecular weight excluding hydrogens is 228 g/mol. The van der Waals surface area contributed by atoms with Crippen LogP contribution >= 0.6 is 0 Å². The molecule has 4 nitrogen and oxygen atoms in total. The Labute approximate surface area is 110 Å². The molecule has 1 amide bonds. The van der Waals surface area contributed by atoms with Crippen molar-refractivity contribution in [3.05, 3.63) is 0 Å². The van der Waals surface area contributed by atoms with Gasteiger partial charge in [0, 0.05) is 6.61 Å². The number of nitrogens with zero attached hydrogens (tertiary/aromatic N) is 1. The highest BCUT2D eigenvalue weighted by Gasteiger charge is 2.44. The molecule has 0 bridgehead atoms. The summed E-state index contributed by atoms with van der Waals surface area (Å²) < 4.78 is 5.75. The van der Waals surface area contributed by atoms with Gasteiger partial charge in [-0.2, -0.15) is 0 Å². The van der Waals surface area contributed by atoms with Gasteiger partial charge in [-0.1, -0.05) is 20.8 Å². The second-order valence-electron chi connectivity index (χ2n) is 5.85. The SMILES string of the molecule is CCC1NC(C(C)C)N(C(C)C2CCCO2)C1=O. The van der Waals surface area contributed by atoms with Crippen molar-refractivity contribution in [2.24, 2.45) is 5.92 Å². The average Bonchev–Trinajstić information content (AvgIpc) is 2.95. The number of amides is 1. The van der Waals surface area contributed by atoms with Gasteiger partial charge >= 0.3 is 0 Å². The quantitative estimate of drug-likeness (QED) is 0.831. The molecule has 0 aromatic carbocycles. The van der Waals surface area contributed by atoms with E-state index < -0.39 is 0 Å². The molecule has 4 heteroatoms. The molecule has 18 heavy (non-hydrogen) atoms. The van der Waals surface area contributed by atoms with Crippen LogP contribution < -0.4 is 5.32 Å². The van der Waals surface area contributed by atoms with Crippen molar-refractivity contribution < 1.29 is 9.53 Å². The van der Waals surface area contributed by atoms with Gasteiger partial charge in [-0.3, -0.25) is 10.1 Å². The largest absolute Gasteiger partial charge is 0.376 e. The van der Waals surface area contributed by atoms with E-state index in [1.807, 2.05) is 4.90 Å². The molecule has 2 aliphatic heterocycles. The first-order chi connectivity index (χ1) is 8.56. The van der Waals surface area contributed by atoms with E-state index in [1.165, 1.54) is 0 Å². The van der Waals surface area contributed by atoms with E-state index in [4.69, 9.17) is 4.74 Å². The molecule has 0 aromatic heterocycles. The Morgan fingerprint density at radius 3 is 2.67 bits per heavy atom. The standard InChI is InChI=1S/C14H26N2O2/c1-5-11-14(17)16(13(15-11)9(2)3)10(4)12-7-6-8-18-12/h9-13,15H,5-8H2,1-4H3. The minimum atomic E-state index is -0.0127. The van der Waals surface area contributed by atoms with E-state index in [0.29, 0.717) is 5.92 Å². The van der Waals surface area contributed by atoms with Crippen LogP contribution in [0.15, 0.2) is 0 Å². The molecule has 2 aliphatic rings. The summed E-state index contributed by atoms with van der Waals surface area (Å²) >= 11 is 0. The van der Waals surface area contributed by atoms with Gasteiger partial charge in [0.1, 0.15) is 0 Å². The molecule has 0 radical (unpaired) electrons. The zero-order valence-electron chi connectivity index (χ0n) is 12.0. The van der Waals surface area contributed by atoms with Crippen LogP contribution in [0.2, 0.25) is 0 Å². The summed E-state index contributed by atoms with van der Waals surface area (Å²) in [5.41, 5.74) is 0. The second-order valence-corrected chi connectivity index (χ2v) is 5.85. The third-order valence-corrected chi connectivity index (χ3v) is 4.21. The van der Waals surface area contributed by atoms with E-state index in [9.17, 15) is 4.79 Å². The number of carbonyl (C=O) groups excluding carboxylic acids is 1. The van der Waals surface area contributed by atoms with Crippen LogP contribution in [0, 0.1) is 5.92 Å². The van der Waals surface area contributed by atoms with E-state index >= 15 is 0 Å². The van der Waals surface area contributed by atoms with Crippen LogP contribution in [0.4, 0.5) is 0 Å². The summed E-state index contributed by atoms with van der Waals surface area (Å²) in [6.07, 6.45) is 3.42. The van der Waals surface area contributed by atoms with Crippen molar-refractivity contribution in [2.75, 3.05) is 6.61 Å². The molecule has 2 heterocycles. The number of carbonyl (C=O) groups is 1. The highest BCUT2D eigenvalue weighted by molar-refractivity contribution is 5.84. The van der Waals surface area contributed by atoms with Crippen LogP contribution in [0.25, 0.3) is 0 Å². The number of hydrogen-bond acceptors (Lipinski definition) is 3. The minimum absolute atomic E-state index is 0.0127. The number of ether oxygens (including phenoxy) is 1. The summed E-state index contributed by atoms with van der Waals surface area (Å²) in [4.78, 5) is 14.5. The zero-order valence-corrected chi connectivity index (χ0v) is 12.0. The van der Waals surface area contributed by atoms with Crippen LogP contribution in [-0.2, 0) is 9.53 Å². The second kappa shape index (κ2) is 5.57. The Balaban J connectivity index is 2.13. The molecule has 0 aromatic rings. The minimum Gasteiger partial charge on any atom is -0.376 e. The molecule has 2 fully saturated rings. The first-order valence-corrected chi connectivity index (χ1v) is 7.26. The van der Waals surface area contributed by atoms with Gasteiger partial charge in [0.25, 0.3) is 0 Å². The third kappa shape index (κ3) is 2.41. The predicted molar refractivity (Wildman–Crippen MR) is 71.1 cm³/mol. The maximum Gasteiger partial charge on any atom is 0.241 e. The van der Waals surface area contributed by atoms with Crippen molar-refractivity contribution >= 4 is 5.91 Å². The van der Waals surface area contributed by atoms with Gasteiger partial charge in [0.05, 0.1) is 24.4 Å². The van der Waals surface area contributed by atoms with Crippen LogP contribution in [0.1, 0.15) is 47.0 Å². The molecule has 4 atom stereocenters. The van der Waals surface area contributed by atoms with Gasteiger partial charge in [0.15, 0.2) is 0 Å². The highest BCUT2D eigenvalue weighted by atomic mass is 16.5. The Morgan fingerprint density at radius 2 is 2.17 bits per heavy atom. The Morgan fingerprint density at radius 1 is 1.44 bits per heavy atom. The zero-order chi connectivity index (χ0) is 13.3. The van der Waals surface area contributed by atoms with Crippen molar-refractivity contribution in [2.45, 2.75) is 71.3 Å². The van der Waals surface area contributed by atoms with Crippen LogP contribution in [0.3, 0.4) is 0 Å². The lowest BCUT2D eigenvalue weighted by Crippen LogP contribution is -2.50. The van der Waals surface area contributed by atoms with Gasteiger partial charge in [-0.25, -0.2) is 0 Å². The molecule has 0 saturated carbocycles. The highest BCUT2D eigenvalue weighted by Crippen LogP contribution is 2.27. The predicted octanol–water partition coefficient (Wildman–Crippen LogP) is 1.75. The summed E-state index contributed by atoms with van der Waals surface area (Å²) in [5.74, 6) is 0.675. The Bertz CT molecular complexity index is 300. The molecule has 0 aliphatic carbocycles. The topological polar surface area (TPSA) is 41.6 Å². The molecule has 0 spiro atoms. The van der Waals surface area contributed by atoms with Crippen molar-refractivity contribution in [3.63, 3.8) is 0 Å². The monoisotopic (exact) mass is 254 g/mol. The van der Waals surface area contributed by atoms with E-state index in [1.54, 1.807) is 0 Å². The number of nitrogens with one attached hydrogen (secondary N) is 1. The van der Waals surface area contributed by atoms with E-state index in [0.717, 1.165) is 25.9 Å². The van der Waals surface area contributed by atoms with E-state index in [2.05, 4.69) is 33.0 Å². The van der Waals surface area contributed by atoms with Gasteiger partial charge in [-0.05, 0) is 32.1 Å². The van der Waals surface area contributed by atoms with Gasteiger partial charge < -0.3 is 9.64 Å². The lowest BCUT2D eigenvalue weighted by molar-refractivity contribution is -0.135. The van der Waals surface area contributed by atoms with Crippen molar-refractivity contribution in [1.82, 2.24) is 10.2 Å². The van der Waals surface area contributed by atoms with Crippen LogP contribution in [0.5, 0.6) is 0 Å². The fraction of sp³-hybridized carbons (Fsp3) is 0.929. The maximum atomic E-state index is 12.5. The lowest BCUT2D eigenvalue weighted by Gasteiger charge is -2.35. The fourth-order valence-corrected chi connectivity index (χ4v) is 3.10. The maximum absolute atomic E-state index is 12.5. The summed E-state index contributed by atoms with van der Waals surface area (Å²) in [6, 6.07) is 0.165. The molecule has 2 rings (SSSR count). The number of rotatable bonds is 4. The average molecular weight is 254 g/mol. The summed E-state index contributed by atoms with van der Waals surface area (Å²) in [7, 11) is 0. The number of hydrogen-bond donors (Lipinski definition) is 1. The Kier molecular flexibility index (Phi) is 4.28. The Hall–Kier alpha value is -0.610. The molecule has 1 N–H and O–H groups in total. The summed E-state index contributed by atoms with van der Waals surface area (Å²) in [5, 5.41) is 3.47. The van der Waals surface area contributed by atoms with E-state index in [-0.39, 0.29) is 30.3 Å². The lowest BCUT2D eigenvalue weighted by atomic mass is 10.0. The fourth-order valence-electron chi connectivity index (χ4n) is 3.10. The molecule has 2 saturated heterocycles. The van der Waals surface area contributed by atoms with Crippen molar-refractivity contribution in [3.8, 4) is 0 Å². The van der Waals surface area contributed by atoms with Crippen molar-refractivity contribution in [1.29, 1.82) is 0 Å². The van der Waals surface area contributed by atoms with Gasteiger partial charge in [-0.15, -0.1) is 0 Å². The van der Waals surface area contributed by atoms with Crippen LogP contribution in [-0.4, -0.2) is 41.8 Å².